The zero-order chi connectivity index (χ0) is 69.7. The third kappa shape index (κ3) is 25.5. The van der Waals surface area contributed by atoms with E-state index in [9.17, 15) is 50.4 Å². The Morgan fingerprint density at radius 3 is 1.15 bits per heavy atom. The Morgan fingerprint density at radius 2 is 0.809 bits per heavy atom. The van der Waals surface area contributed by atoms with E-state index in [-0.39, 0.29) is 110 Å². The van der Waals surface area contributed by atoms with Crippen LogP contribution in [0.1, 0.15) is 199 Å². The van der Waals surface area contributed by atoms with Crippen LogP contribution in [0.5, 0.6) is 0 Å². The second-order valence-corrected chi connectivity index (χ2v) is 29.5. The molecule has 544 valence electrons. The molecule has 8 N–H and O–H groups in total. The zero-order valence-corrected chi connectivity index (χ0v) is 60.0. The number of cyclic esters (lactones) is 2. The van der Waals surface area contributed by atoms with Gasteiger partial charge >= 0.3 is 11.9 Å². The van der Waals surface area contributed by atoms with Crippen molar-refractivity contribution in [2.24, 2.45) is 47.3 Å². The molecule has 5 aliphatic rings. The quantitative estimate of drug-likeness (QED) is 0.0528. The number of aliphatic hydroxyl groups is 8. The van der Waals surface area contributed by atoms with Gasteiger partial charge in [-0.1, -0.05) is 91.8 Å². The predicted molar refractivity (Wildman–Crippen MR) is 359 cm³/mol. The summed E-state index contributed by atoms with van der Waals surface area (Å²) in [7, 11) is 6.56. The maximum Gasteiger partial charge on any atom is 0.333 e. The summed E-state index contributed by atoms with van der Waals surface area (Å²) >= 11 is 0. The molecule has 0 saturated carbocycles. The smallest absolute Gasteiger partial charge is 0.333 e. The molecule has 94 heavy (non-hydrogen) atoms. The highest BCUT2D eigenvalue weighted by Gasteiger charge is 2.43. The molecule has 2 saturated heterocycles. The standard InChI is InChI=1S/C74H128O20/c1-41(25-29-59-35-61(85-13)31-45(5)89-59)69(81)51(11)71-49(9)65(79)39-63(77)47(7)67(87-15)37-57-21-18-20-56(92-57)34-54(76)28-24-44(4)74(84)94-72(52(12)70(82)42(2)26-30-60-36-62(86-14)32-46(6)90-60)50(10)66(80)40-64(78)48(8)68(88-16)38-58-22-17-19-55(91-58)33-53(75)27-23-43(3)73(83)93-71/h17-20,23-24,41-42,45-72,75-82H,21-22,25-40H2,1-16H3/b43-23+,44-24+/t41-,42-,45-,46-,47-,48-,49-,50-,51-,52-,53-,54-,55-,56-,57-,58-,59-,60-,61+,62+,63-,64-,65+,66+,67-,68?,69-,70-,71-,72-/m0/s1. The van der Waals surface area contributed by atoms with Gasteiger partial charge in [-0.3, -0.25) is 0 Å². The lowest BCUT2D eigenvalue weighted by Gasteiger charge is -2.38. The van der Waals surface area contributed by atoms with Crippen LogP contribution in [0, 0.1) is 47.3 Å². The van der Waals surface area contributed by atoms with Crippen LogP contribution in [0.25, 0.3) is 0 Å². The molecule has 20 nitrogen and oxygen atoms in total. The molecule has 5 heterocycles. The first-order valence-electron chi connectivity index (χ1n) is 35.7. The van der Waals surface area contributed by atoms with Crippen LogP contribution in [0.4, 0.5) is 0 Å². The zero-order valence-electron chi connectivity index (χ0n) is 60.0. The van der Waals surface area contributed by atoms with Crippen LogP contribution in [0.2, 0.25) is 0 Å². The Hall–Kier alpha value is -2.74. The van der Waals surface area contributed by atoms with Crippen molar-refractivity contribution < 1.29 is 97.8 Å². The first kappa shape index (κ1) is 81.9. The molecule has 0 aromatic rings. The van der Waals surface area contributed by atoms with Crippen LogP contribution < -0.4 is 0 Å². The maximum absolute atomic E-state index is 14.2. The lowest BCUT2D eigenvalue weighted by atomic mass is 9.78. The first-order valence-corrected chi connectivity index (χ1v) is 35.7. The third-order valence-electron chi connectivity index (χ3n) is 21.9. The van der Waals surface area contributed by atoms with Crippen LogP contribution in [-0.4, -0.2) is 216 Å². The van der Waals surface area contributed by atoms with Gasteiger partial charge < -0.3 is 88.2 Å². The number of ether oxygens (including phenoxy) is 10. The van der Waals surface area contributed by atoms with E-state index < -0.39 is 133 Å². The van der Waals surface area contributed by atoms with E-state index in [0.29, 0.717) is 51.4 Å². The van der Waals surface area contributed by atoms with Crippen molar-refractivity contribution in [1.82, 2.24) is 0 Å². The highest BCUT2D eigenvalue weighted by atomic mass is 16.6. The Labute approximate surface area is 563 Å². The van der Waals surface area contributed by atoms with Gasteiger partial charge in [-0.05, 0) is 129 Å². The predicted octanol–water partition coefficient (Wildman–Crippen LogP) is 9.00. The number of hydrogen-bond donors (Lipinski definition) is 8. The number of aliphatic hydroxyl groups excluding tert-OH is 8. The summed E-state index contributed by atoms with van der Waals surface area (Å²) in [5, 5.41) is 94.8. The molecule has 0 radical (unpaired) electrons. The van der Waals surface area contributed by atoms with Crippen LogP contribution in [0.3, 0.4) is 0 Å². The molecule has 1 unspecified atom stereocenters. The van der Waals surface area contributed by atoms with Crippen molar-refractivity contribution in [3.05, 3.63) is 47.6 Å². The van der Waals surface area contributed by atoms with Gasteiger partial charge in [0.25, 0.3) is 0 Å². The van der Waals surface area contributed by atoms with Gasteiger partial charge in [-0.15, -0.1) is 0 Å². The minimum Gasteiger partial charge on any atom is -0.458 e. The van der Waals surface area contributed by atoms with E-state index in [1.807, 2.05) is 79.7 Å². The van der Waals surface area contributed by atoms with E-state index in [1.54, 1.807) is 68.3 Å². The third-order valence-corrected chi connectivity index (χ3v) is 21.9. The lowest BCUT2D eigenvalue weighted by molar-refractivity contribution is -0.160. The Kier molecular flexibility index (Phi) is 35.3. The highest BCUT2D eigenvalue weighted by Crippen LogP contribution is 2.37. The summed E-state index contributed by atoms with van der Waals surface area (Å²) in [5.41, 5.74) is 0.470. The summed E-state index contributed by atoms with van der Waals surface area (Å²) in [6.45, 7) is 22.1. The number of fused-ring (bicyclic) bond motifs is 4. The fourth-order valence-corrected chi connectivity index (χ4v) is 15.0. The molecule has 4 bridgehead atoms. The van der Waals surface area contributed by atoms with Gasteiger partial charge in [0.05, 0.1) is 122 Å². The van der Waals surface area contributed by atoms with Gasteiger partial charge in [0, 0.05) is 101 Å². The van der Waals surface area contributed by atoms with Crippen molar-refractivity contribution in [2.75, 3.05) is 28.4 Å². The van der Waals surface area contributed by atoms with E-state index in [4.69, 9.17) is 47.4 Å². The number of methoxy groups -OCH3 is 4. The minimum absolute atomic E-state index is 0.0361. The topological polar surface area (TPSA) is 288 Å². The Bertz CT molecular complexity index is 2160. The second-order valence-electron chi connectivity index (χ2n) is 29.5. The monoisotopic (exact) mass is 1340 g/mol. The second kappa shape index (κ2) is 40.5. The average Bonchev–Trinajstić information content (AvgIpc) is 0.955. The van der Waals surface area contributed by atoms with Crippen molar-refractivity contribution in [3.8, 4) is 0 Å². The van der Waals surface area contributed by atoms with E-state index >= 15 is 0 Å². The molecule has 5 aliphatic heterocycles. The van der Waals surface area contributed by atoms with Crippen molar-refractivity contribution in [2.45, 2.75) is 333 Å². The molecule has 0 amide bonds. The lowest BCUT2D eigenvalue weighted by Crippen LogP contribution is -2.46. The molecule has 5 rings (SSSR count). The number of carbonyl (C=O) groups is 2. The molecule has 30 atom stereocenters. The minimum atomic E-state index is -1.18. The normalized spacial score (nSPS) is 41.4. The van der Waals surface area contributed by atoms with E-state index in [1.165, 1.54) is 0 Å². The van der Waals surface area contributed by atoms with Gasteiger partial charge in [0.2, 0.25) is 0 Å². The number of esters is 2. The summed E-state index contributed by atoms with van der Waals surface area (Å²) in [4.78, 5) is 28.4. The molecule has 0 aromatic carbocycles. The Balaban J connectivity index is 1.38. The van der Waals surface area contributed by atoms with Crippen LogP contribution in [-0.2, 0) is 57.0 Å². The summed E-state index contributed by atoms with van der Waals surface area (Å²) < 4.78 is 61.5. The van der Waals surface area contributed by atoms with E-state index in [0.717, 1.165) is 25.7 Å². The number of carbonyl (C=O) groups excluding carboxylic acids is 2. The van der Waals surface area contributed by atoms with Crippen LogP contribution >= 0.6 is 0 Å². The average molecular weight is 1340 g/mol. The molecule has 0 aliphatic carbocycles. The molecule has 0 spiro atoms. The molecular weight excluding hydrogens is 1210 g/mol. The molecular formula is C74H128O20. The molecule has 0 aromatic heterocycles. The number of hydrogen-bond acceptors (Lipinski definition) is 20. The largest absolute Gasteiger partial charge is 0.458 e. The fraction of sp³-hybridized carbons (Fsp3) is 0.865. The molecule has 2 fully saturated rings. The van der Waals surface area contributed by atoms with Crippen molar-refractivity contribution in [3.63, 3.8) is 0 Å². The maximum atomic E-state index is 14.2. The number of rotatable bonds is 16. The van der Waals surface area contributed by atoms with Crippen molar-refractivity contribution in [1.29, 1.82) is 0 Å². The summed E-state index contributed by atoms with van der Waals surface area (Å²) in [5.74, 6) is -5.62. The van der Waals surface area contributed by atoms with Crippen LogP contribution in [0.15, 0.2) is 47.6 Å². The Morgan fingerprint density at radius 1 is 0.457 bits per heavy atom. The summed E-state index contributed by atoms with van der Waals surface area (Å²) in [6, 6.07) is 0. The first-order chi connectivity index (χ1) is 44.5. The molecule has 20 heteroatoms. The van der Waals surface area contributed by atoms with Gasteiger partial charge in [-0.2, -0.15) is 0 Å². The van der Waals surface area contributed by atoms with Gasteiger partial charge in [0.15, 0.2) is 0 Å². The van der Waals surface area contributed by atoms with E-state index in [2.05, 4.69) is 0 Å². The fourth-order valence-electron chi connectivity index (χ4n) is 15.0. The SMILES string of the molecule is COC1C[C@@H]2CC=C[C@@H](C[C@@H](O)C/C=C(\C)C(=O)O[C@H]([C@@H](C)[C@@H](O)[C@@H](C)CC[C@H]3C[C@H](OC)C[C@H](C)O3)[C@@H](C)[C@H](O)C[C@H](O)[C@H](C)[C@@H](OC)C[C@@H]3CC=C[C@@H](C[C@@H](O)C/C=C(\C)C(=O)O[C@H]([C@@H](C)[C@@H](O)[C@@H](C)CC[C@H]4C[C@H](OC)C[C@H](C)O4)[C@@H](C)[C@H](O)C[C@H](O)[C@@H]1C)O3)O2. The van der Waals surface area contributed by atoms with Gasteiger partial charge in [-0.25, -0.2) is 9.59 Å². The highest BCUT2D eigenvalue weighted by molar-refractivity contribution is 5.88. The van der Waals surface area contributed by atoms with Crippen molar-refractivity contribution >= 4 is 11.9 Å². The summed E-state index contributed by atoms with van der Waals surface area (Å²) in [6.07, 6.45) is 6.49. The van der Waals surface area contributed by atoms with Gasteiger partial charge in [0.1, 0.15) is 12.2 Å².